The molecule has 1 rings (SSSR count). The van der Waals surface area contributed by atoms with Crippen LogP contribution in [0, 0.1) is 5.82 Å². The molecule has 0 bridgehead atoms. The fourth-order valence-electron chi connectivity index (χ4n) is 1.21. The van der Waals surface area contributed by atoms with E-state index in [1.54, 1.807) is 6.92 Å². The number of hydrogen-bond donors (Lipinski definition) is 1. The summed E-state index contributed by atoms with van der Waals surface area (Å²) in [5, 5.41) is 0. The number of hydrogen-bond acceptors (Lipinski definition) is 4. The van der Waals surface area contributed by atoms with Crippen molar-refractivity contribution in [2.75, 3.05) is 12.3 Å². The summed E-state index contributed by atoms with van der Waals surface area (Å²) in [4.78, 5) is 14.5. The highest BCUT2D eigenvalue weighted by Gasteiger charge is 2.19. The van der Waals surface area contributed by atoms with E-state index in [1.807, 2.05) is 0 Å². The SMILES string of the molecule is CCOC(=O)Cc1cc(F)c(N)c(C(F)F)n1. The number of carbonyl (C=O) groups excluding carboxylic acids is 1. The molecular formula is C10H11F3N2O2. The number of carbonyl (C=O) groups is 1. The first-order chi connectivity index (χ1) is 7.95. The van der Waals surface area contributed by atoms with Gasteiger partial charge in [-0.05, 0) is 13.0 Å². The third-order valence-corrected chi connectivity index (χ3v) is 1.93. The Morgan fingerprint density at radius 3 is 2.76 bits per heavy atom. The zero-order valence-electron chi connectivity index (χ0n) is 9.04. The van der Waals surface area contributed by atoms with Crippen LogP contribution in [-0.4, -0.2) is 17.6 Å². The van der Waals surface area contributed by atoms with E-state index in [4.69, 9.17) is 5.73 Å². The van der Waals surface area contributed by atoms with Gasteiger partial charge in [0.25, 0.3) is 6.43 Å². The topological polar surface area (TPSA) is 65.2 Å². The molecule has 1 heterocycles. The van der Waals surface area contributed by atoms with Crippen molar-refractivity contribution in [3.05, 3.63) is 23.3 Å². The van der Waals surface area contributed by atoms with Crippen LogP contribution in [0.1, 0.15) is 24.7 Å². The molecule has 0 aromatic carbocycles. The lowest BCUT2D eigenvalue weighted by molar-refractivity contribution is -0.142. The minimum absolute atomic E-state index is 0.134. The number of rotatable bonds is 4. The molecule has 94 valence electrons. The number of aromatic nitrogens is 1. The van der Waals surface area contributed by atoms with Crippen LogP contribution in [0.2, 0.25) is 0 Å². The zero-order valence-corrected chi connectivity index (χ0v) is 9.04. The number of esters is 1. The number of alkyl halides is 2. The first kappa shape index (κ1) is 13.3. The van der Waals surface area contributed by atoms with Gasteiger partial charge in [0, 0.05) is 0 Å². The van der Waals surface area contributed by atoms with Gasteiger partial charge in [-0.15, -0.1) is 0 Å². The van der Waals surface area contributed by atoms with Gasteiger partial charge in [-0.2, -0.15) is 0 Å². The normalized spacial score (nSPS) is 10.6. The van der Waals surface area contributed by atoms with Crippen molar-refractivity contribution in [1.82, 2.24) is 4.98 Å². The van der Waals surface area contributed by atoms with E-state index in [-0.39, 0.29) is 18.7 Å². The molecule has 1 aromatic rings. The molecule has 0 saturated heterocycles. The van der Waals surface area contributed by atoms with Gasteiger partial charge in [0.1, 0.15) is 11.5 Å². The van der Waals surface area contributed by atoms with E-state index in [0.29, 0.717) is 0 Å². The molecule has 0 amide bonds. The summed E-state index contributed by atoms with van der Waals surface area (Å²) in [6.07, 6.45) is -3.36. The maximum absolute atomic E-state index is 13.2. The van der Waals surface area contributed by atoms with Crippen LogP contribution in [0.3, 0.4) is 0 Å². The van der Waals surface area contributed by atoms with Crippen molar-refractivity contribution in [2.24, 2.45) is 0 Å². The Labute approximate surface area is 95.6 Å². The van der Waals surface area contributed by atoms with Crippen molar-refractivity contribution in [2.45, 2.75) is 19.8 Å². The van der Waals surface area contributed by atoms with Gasteiger partial charge in [0.05, 0.1) is 24.4 Å². The lowest BCUT2D eigenvalue weighted by Crippen LogP contribution is -2.11. The van der Waals surface area contributed by atoms with Crippen LogP contribution in [-0.2, 0) is 16.0 Å². The standard InChI is InChI=1S/C10H11F3N2O2/c1-2-17-7(16)4-5-3-6(11)8(14)9(15-5)10(12)13/h3,10H,2,4,14H2,1H3. The molecular weight excluding hydrogens is 237 g/mol. The van der Waals surface area contributed by atoms with Gasteiger partial charge in [-0.3, -0.25) is 4.79 Å². The van der Waals surface area contributed by atoms with Crippen molar-refractivity contribution in [3.63, 3.8) is 0 Å². The van der Waals surface area contributed by atoms with E-state index >= 15 is 0 Å². The van der Waals surface area contributed by atoms with Gasteiger partial charge in [-0.1, -0.05) is 0 Å². The van der Waals surface area contributed by atoms with E-state index in [2.05, 4.69) is 9.72 Å². The second kappa shape index (κ2) is 5.51. The van der Waals surface area contributed by atoms with Crippen LogP contribution in [0.5, 0.6) is 0 Å². The molecule has 0 radical (unpaired) electrons. The molecule has 0 aliphatic heterocycles. The molecule has 17 heavy (non-hydrogen) atoms. The predicted molar refractivity (Wildman–Crippen MR) is 53.9 cm³/mol. The number of ether oxygens (including phenoxy) is 1. The first-order valence-electron chi connectivity index (χ1n) is 4.84. The fourth-order valence-corrected chi connectivity index (χ4v) is 1.21. The van der Waals surface area contributed by atoms with E-state index in [1.165, 1.54) is 0 Å². The molecule has 2 N–H and O–H groups in total. The minimum Gasteiger partial charge on any atom is -0.466 e. The van der Waals surface area contributed by atoms with Crippen LogP contribution in [0.25, 0.3) is 0 Å². The number of nitrogen functional groups attached to an aromatic ring is 1. The molecule has 0 fully saturated rings. The third kappa shape index (κ3) is 3.33. The van der Waals surface area contributed by atoms with Crippen LogP contribution in [0.15, 0.2) is 6.07 Å². The molecule has 0 spiro atoms. The van der Waals surface area contributed by atoms with Crippen molar-refractivity contribution in [1.29, 1.82) is 0 Å². The number of halogens is 3. The molecule has 0 unspecified atom stereocenters. The Morgan fingerprint density at radius 2 is 2.24 bits per heavy atom. The van der Waals surface area contributed by atoms with Crippen LogP contribution >= 0.6 is 0 Å². The van der Waals surface area contributed by atoms with Gasteiger partial charge < -0.3 is 10.5 Å². The summed E-state index contributed by atoms with van der Waals surface area (Å²) >= 11 is 0. The largest absolute Gasteiger partial charge is 0.466 e. The monoisotopic (exact) mass is 248 g/mol. The summed E-state index contributed by atoms with van der Waals surface area (Å²) in [6, 6.07) is 0.845. The number of pyridine rings is 1. The Morgan fingerprint density at radius 1 is 1.59 bits per heavy atom. The Balaban J connectivity index is 2.98. The zero-order chi connectivity index (χ0) is 13.0. The van der Waals surface area contributed by atoms with E-state index in [0.717, 1.165) is 6.07 Å². The molecule has 1 aromatic heterocycles. The van der Waals surface area contributed by atoms with Crippen molar-refractivity contribution >= 4 is 11.7 Å². The number of nitrogens with two attached hydrogens (primary N) is 1. The highest BCUT2D eigenvalue weighted by Crippen LogP contribution is 2.25. The second-order valence-corrected chi connectivity index (χ2v) is 3.18. The third-order valence-electron chi connectivity index (χ3n) is 1.93. The van der Waals surface area contributed by atoms with Gasteiger partial charge >= 0.3 is 5.97 Å². The molecule has 7 heteroatoms. The quantitative estimate of drug-likeness (QED) is 0.826. The second-order valence-electron chi connectivity index (χ2n) is 3.18. The first-order valence-corrected chi connectivity index (χ1v) is 4.84. The Kier molecular flexibility index (Phi) is 4.30. The van der Waals surface area contributed by atoms with Crippen molar-refractivity contribution in [3.8, 4) is 0 Å². The molecule has 0 atom stereocenters. The molecule has 0 saturated carbocycles. The summed E-state index contributed by atoms with van der Waals surface area (Å²) in [6.45, 7) is 1.75. The molecule has 0 aliphatic carbocycles. The Hall–Kier alpha value is -1.79. The van der Waals surface area contributed by atoms with Crippen LogP contribution < -0.4 is 5.73 Å². The van der Waals surface area contributed by atoms with Gasteiger partial charge in [-0.25, -0.2) is 18.2 Å². The van der Waals surface area contributed by atoms with E-state index in [9.17, 15) is 18.0 Å². The van der Waals surface area contributed by atoms with Gasteiger partial charge in [0.2, 0.25) is 0 Å². The highest BCUT2D eigenvalue weighted by atomic mass is 19.3. The van der Waals surface area contributed by atoms with Crippen LogP contribution in [0.4, 0.5) is 18.9 Å². The van der Waals surface area contributed by atoms with E-state index < -0.39 is 29.6 Å². The maximum atomic E-state index is 13.2. The maximum Gasteiger partial charge on any atom is 0.311 e. The smallest absolute Gasteiger partial charge is 0.311 e. The average Bonchev–Trinajstić information content (AvgIpc) is 2.23. The highest BCUT2D eigenvalue weighted by molar-refractivity contribution is 5.72. The van der Waals surface area contributed by atoms with Crippen molar-refractivity contribution < 1.29 is 22.7 Å². The molecule has 0 aliphatic rings. The average molecular weight is 248 g/mol. The number of anilines is 1. The summed E-state index contributed by atoms with van der Waals surface area (Å²) in [5.74, 6) is -1.68. The molecule has 4 nitrogen and oxygen atoms in total. The minimum atomic E-state index is -2.99. The summed E-state index contributed by atoms with van der Waals surface area (Å²) in [7, 11) is 0. The fraction of sp³-hybridized carbons (Fsp3) is 0.400. The lowest BCUT2D eigenvalue weighted by Gasteiger charge is -2.08. The lowest BCUT2D eigenvalue weighted by atomic mass is 10.2. The number of nitrogens with zero attached hydrogens (tertiary/aromatic N) is 1. The Bertz CT molecular complexity index is 424. The van der Waals surface area contributed by atoms with Gasteiger partial charge in [0.15, 0.2) is 0 Å². The predicted octanol–water partition coefficient (Wildman–Crippen LogP) is 1.85. The summed E-state index contributed by atoms with van der Waals surface area (Å²) < 4.78 is 42.7. The summed E-state index contributed by atoms with van der Waals surface area (Å²) in [5.41, 5.74) is 3.42.